The Bertz CT molecular complexity index is 540. The van der Waals surface area contributed by atoms with Gasteiger partial charge in [-0.1, -0.05) is 23.4 Å². The minimum atomic E-state index is -0.805. The van der Waals surface area contributed by atoms with Crippen LogP contribution in [-0.4, -0.2) is 19.2 Å². The highest BCUT2D eigenvalue weighted by atomic mass is 35.5. The molecule has 92 valence electrons. The van der Waals surface area contributed by atoms with Gasteiger partial charge in [0.05, 0.1) is 10.6 Å². The quantitative estimate of drug-likeness (QED) is 0.620. The first-order valence-corrected chi connectivity index (χ1v) is 5.13. The molecule has 0 saturated carbocycles. The van der Waals surface area contributed by atoms with E-state index in [1.807, 2.05) is 0 Å². The fourth-order valence-corrected chi connectivity index (χ4v) is 1.33. The van der Waals surface area contributed by atoms with Crippen LogP contribution in [-0.2, 0) is 4.74 Å². The van der Waals surface area contributed by atoms with Gasteiger partial charge in [0.15, 0.2) is 18.2 Å². The molecule has 0 aliphatic heterocycles. The lowest BCUT2D eigenvalue weighted by Gasteiger charge is -2.08. The maximum Gasteiger partial charge on any atom is 0.340 e. The second kappa shape index (κ2) is 6.54. The smallest absolute Gasteiger partial charge is 0.340 e. The number of hydrogen-bond acceptors (Lipinski definition) is 3. The lowest BCUT2D eigenvalue weighted by molar-refractivity contribution is 0.0556. The summed E-state index contributed by atoms with van der Waals surface area (Å²) in [4.78, 5) is 11.5. The summed E-state index contributed by atoms with van der Waals surface area (Å²) < 4.78 is 23.1. The molecule has 0 heterocycles. The Labute approximate surface area is 109 Å². The predicted octanol–water partition coefficient (Wildman–Crippen LogP) is 2.28. The molecule has 0 fully saturated rings. The first-order chi connectivity index (χ1) is 8.60. The van der Waals surface area contributed by atoms with Gasteiger partial charge in [-0.2, -0.15) is 0 Å². The number of rotatable bonds is 4. The summed E-state index contributed by atoms with van der Waals surface area (Å²) in [5.41, 5.74) is -0.127. The standard InChI is InChI=1S/C13H8ClFO3/c1-3-5-17-12-8-10(14)9(7-11(12)15)13(16)18-6-4-2/h1-2,7-8H,5-6H2. The number of esters is 1. The summed E-state index contributed by atoms with van der Waals surface area (Å²) in [5.74, 6) is 2.60. The number of terminal acetylenes is 2. The summed E-state index contributed by atoms with van der Waals surface area (Å²) in [5, 5.41) is -0.00885. The van der Waals surface area contributed by atoms with Gasteiger partial charge in [0.2, 0.25) is 0 Å². The van der Waals surface area contributed by atoms with Crippen LogP contribution >= 0.6 is 11.6 Å². The van der Waals surface area contributed by atoms with Crippen LogP contribution in [0.25, 0.3) is 0 Å². The molecule has 0 amide bonds. The fourth-order valence-electron chi connectivity index (χ4n) is 1.10. The largest absolute Gasteiger partial charge is 0.478 e. The van der Waals surface area contributed by atoms with Crippen LogP contribution in [0.4, 0.5) is 4.39 Å². The van der Waals surface area contributed by atoms with Crippen molar-refractivity contribution < 1.29 is 18.7 Å². The molecule has 0 aliphatic carbocycles. The monoisotopic (exact) mass is 266 g/mol. The maximum atomic E-state index is 13.5. The third-order valence-electron chi connectivity index (χ3n) is 1.84. The summed E-state index contributed by atoms with van der Waals surface area (Å²) in [6.07, 6.45) is 9.90. The van der Waals surface area contributed by atoms with Gasteiger partial charge in [-0.25, -0.2) is 9.18 Å². The van der Waals surface area contributed by atoms with Crippen molar-refractivity contribution in [2.45, 2.75) is 0 Å². The minimum absolute atomic E-state index is 0.00885. The minimum Gasteiger partial charge on any atom is -0.478 e. The lowest BCUT2D eigenvalue weighted by Crippen LogP contribution is -2.07. The zero-order valence-electron chi connectivity index (χ0n) is 9.20. The molecule has 5 heteroatoms. The molecule has 18 heavy (non-hydrogen) atoms. The molecule has 0 aliphatic rings. The summed E-state index contributed by atoms with van der Waals surface area (Å²) in [6.45, 7) is -0.319. The lowest BCUT2D eigenvalue weighted by atomic mass is 10.2. The van der Waals surface area contributed by atoms with Crippen molar-refractivity contribution in [2.24, 2.45) is 0 Å². The molecule has 0 spiro atoms. The molecule has 0 atom stereocenters. The molecule has 0 unspecified atom stereocenters. The number of ether oxygens (including phenoxy) is 2. The van der Waals surface area contributed by atoms with Gasteiger partial charge in [0.25, 0.3) is 0 Å². The van der Waals surface area contributed by atoms with Gasteiger partial charge in [-0.05, 0) is 6.07 Å². The van der Waals surface area contributed by atoms with E-state index in [1.54, 1.807) is 0 Å². The van der Waals surface area contributed by atoms with E-state index in [0.717, 1.165) is 12.1 Å². The molecule has 0 bridgehead atoms. The van der Waals surface area contributed by atoms with Crippen molar-refractivity contribution >= 4 is 17.6 Å². The first-order valence-electron chi connectivity index (χ1n) is 4.76. The van der Waals surface area contributed by atoms with E-state index >= 15 is 0 Å². The van der Waals surface area contributed by atoms with Crippen LogP contribution in [0.15, 0.2) is 12.1 Å². The topological polar surface area (TPSA) is 35.5 Å². The Morgan fingerprint density at radius 2 is 2.00 bits per heavy atom. The van der Waals surface area contributed by atoms with E-state index in [4.69, 9.17) is 29.2 Å². The Morgan fingerprint density at radius 1 is 1.33 bits per heavy atom. The van der Waals surface area contributed by atoms with Gasteiger partial charge in [-0.15, -0.1) is 12.8 Å². The van der Waals surface area contributed by atoms with Gasteiger partial charge >= 0.3 is 5.97 Å². The number of carbonyl (C=O) groups is 1. The number of carbonyl (C=O) groups excluding carboxylic acids is 1. The van der Waals surface area contributed by atoms with Crippen LogP contribution in [0, 0.1) is 30.5 Å². The zero-order chi connectivity index (χ0) is 13.5. The van der Waals surface area contributed by atoms with Crippen LogP contribution in [0.1, 0.15) is 10.4 Å². The van der Waals surface area contributed by atoms with Gasteiger partial charge in [-0.3, -0.25) is 0 Å². The normalized spacial score (nSPS) is 9.11. The van der Waals surface area contributed by atoms with Crippen molar-refractivity contribution in [1.82, 2.24) is 0 Å². The Hall–Kier alpha value is -2.17. The van der Waals surface area contributed by atoms with Crippen molar-refractivity contribution in [3.8, 4) is 30.4 Å². The van der Waals surface area contributed by atoms with Gasteiger partial charge in [0, 0.05) is 6.07 Å². The van der Waals surface area contributed by atoms with E-state index < -0.39 is 11.8 Å². The molecule has 1 aromatic rings. The highest BCUT2D eigenvalue weighted by Gasteiger charge is 2.16. The SMILES string of the molecule is C#CCOC(=O)c1cc(F)c(OCC#C)cc1Cl. The van der Waals surface area contributed by atoms with Crippen molar-refractivity contribution in [2.75, 3.05) is 13.2 Å². The van der Waals surface area contributed by atoms with E-state index in [-0.39, 0.29) is 29.5 Å². The first kappa shape index (κ1) is 13.9. The van der Waals surface area contributed by atoms with E-state index in [9.17, 15) is 9.18 Å². The molecule has 0 N–H and O–H groups in total. The maximum absolute atomic E-state index is 13.5. The molecular formula is C13H8ClFO3. The molecule has 1 rings (SSSR count). The summed E-state index contributed by atoms with van der Waals surface area (Å²) in [6, 6.07) is 2.06. The van der Waals surface area contributed by atoms with E-state index in [1.165, 1.54) is 0 Å². The molecular weight excluding hydrogens is 259 g/mol. The Balaban J connectivity index is 2.97. The van der Waals surface area contributed by atoms with E-state index in [2.05, 4.69) is 16.6 Å². The molecule has 0 radical (unpaired) electrons. The van der Waals surface area contributed by atoms with Crippen molar-refractivity contribution in [1.29, 1.82) is 0 Å². The average molecular weight is 267 g/mol. The van der Waals surface area contributed by atoms with Crippen LogP contribution in [0.5, 0.6) is 5.75 Å². The molecule has 0 aromatic heterocycles. The van der Waals surface area contributed by atoms with Crippen LogP contribution in [0.3, 0.4) is 0 Å². The fraction of sp³-hybridized carbons (Fsp3) is 0.154. The van der Waals surface area contributed by atoms with E-state index in [0.29, 0.717) is 0 Å². The highest BCUT2D eigenvalue weighted by Crippen LogP contribution is 2.26. The number of hydrogen-bond donors (Lipinski definition) is 0. The van der Waals surface area contributed by atoms with Crippen LogP contribution < -0.4 is 4.74 Å². The third-order valence-corrected chi connectivity index (χ3v) is 2.15. The second-order valence-corrected chi connectivity index (χ2v) is 3.44. The molecule has 1 aromatic carbocycles. The average Bonchev–Trinajstić information content (AvgIpc) is 2.36. The number of benzene rings is 1. The second-order valence-electron chi connectivity index (χ2n) is 3.04. The highest BCUT2D eigenvalue weighted by molar-refractivity contribution is 6.33. The summed E-state index contributed by atoms with van der Waals surface area (Å²) >= 11 is 5.80. The number of halogens is 2. The van der Waals surface area contributed by atoms with Crippen molar-refractivity contribution in [3.63, 3.8) is 0 Å². The van der Waals surface area contributed by atoms with Gasteiger partial charge < -0.3 is 9.47 Å². The predicted molar refractivity (Wildman–Crippen MR) is 64.9 cm³/mol. The van der Waals surface area contributed by atoms with Crippen molar-refractivity contribution in [3.05, 3.63) is 28.5 Å². The van der Waals surface area contributed by atoms with Gasteiger partial charge in [0.1, 0.15) is 6.61 Å². The Kier molecular flexibility index (Phi) is 5.05. The zero-order valence-corrected chi connectivity index (χ0v) is 9.96. The molecule has 3 nitrogen and oxygen atoms in total. The Morgan fingerprint density at radius 3 is 2.61 bits per heavy atom. The third kappa shape index (κ3) is 3.41. The molecule has 0 saturated heterocycles. The van der Waals surface area contributed by atoms with Crippen LogP contribution in [0.2, 0.25) is 5.02 Å². The summed E-state index contributed by atoms with van der Waals surface area (Å²) in [7, 11) is 0.